The summed E-state index contributed by atoms with van der Waals surface area (Å²) in [6, 6.07) is 1.94. The van der Waals surface area contributed by atoms with E-state index >= 15 is 0 Å². The number of hydrogen-bond donors (Lipinski definition) is 0. The van der Waals surface area contributed by atoms with Crippen LogP contribution in [0.25, 0.3) is 0 Å². The van der Waals surface area contributed by atoms with Crippen molar-refractivity contribution >= 4 is 23.3 Å². The van der Waals surface area contributed by atoms with E-state index in [4.69, 9.17) is 16.3 Å². The van der Waals surface area contributed by atoms with Gasteiger partial charge in [-0.3, -0.25) is 4.79 Å². The van der Waals surface area contributed by atoms with E-state index in [1.165, 1.54) is 0 Å². The van der Waals surface area contributed by atoms with Crippen molar-refractivity contribution in [3.8, 4) is 6.07 Å². The van der Waals surface area contributed by atoms with Crippen molar-refractivity contribution in [2.45, 2.75) is 32.2 Å². The second-order valence-corrected chi connectivity index (χ2v) is 6.59. The molecule has 24 heavy (non-hydrogen) atoms. The van der Waals surface area contributed by atoms with E-state index in [1.807, 2.05) is 16.7 Å². The number of ether oxygens (including phenoxy) is 1. The first-order valence-electron chi connectivity index (χ1n) is 8.32. The number of carbonyl (C=O) groups excluding carboxylic acids is 1. The van der Waals surface area contributed by atoms with Gasteiger partial charge >= 0.3 is 0 Å². The fourth-order valence-corrected chi connectivity index (χ4v) is 3.50. The zero-order valence-electron chi connectivity index (χ0n) is 13.8. The van der Waals surface area contributed by atoms with Crippen LogP contribution >= 0.6 is 11.6 Å². The second-order valence-electron chi connectivity index (χ2n) is 6.18. The molecule has 0 bridgehead atoms. The van der Waals surface area contributed by atoms with Crippen molar-refractivity contribution in [2.75, 3.05) is 37.7 Å². The lowest BCUT2D eigenvalue weighted by atomic mass is 9.99. The van der Waals surface area contributed by atoms with E-state index in [1.54, 1.807) is 6.20 Å². The van der Waals surface area contributed by atoms with Gasteiger partial charge in [-0.2, -0.15) is 5.26 Å². The molecule has 1 aromatic rings. The van der Waals surface area contributed by atoms with Crippen molar-refractivity contribution in [3.63, 3.8) is 0 Å². The molecule has 0 aromatic carbocycles. The number of halogens is 1. The molecule has 0 N–H and O–H groups in total. The highest BCUT2D eigenvalue weighted by molar-refractivity contribution is 6.31. The lowest BCUT2D eigenvalue weighted by Gasteiger charge is -2.39. The Kier molecular flexibility index (Phi) is 5.22. The molecule has 2 aliphatic heterocycles. The Morgan fingerprint density at radius 3 is 2.83 bits per heavy atom. The summed E-state index contributed by atoms with van der Waals surface area (Å²) in [5.74, 6) is 0.682. The molecule has 0 spiro atoms. The topological polar surface area (TPSA) is 69.5 Å². The van der Waals surface area contributed by atoms with Crippen LogP contribution in [0.15, 0.2) is 6.20 Å². The zero-order chi connectivity index (χ0) is 17.1. The third-order valence-corrected chi connectivity index (χ3v) is 5.13. The van der Waals surface area contributed by atoms with Gasteiger partial charge in [-0.25, -0.2) is 4.98 Å². The number of nitriles is 1. The van der Waals surface area contributed by atoms with Crippen molar-refractivity contribution in [3.05, 3.63) is 22.3 Å². The van der Waals surface area contributed by atoms with Gasteiger partial charge in [-0.1, -0.05) is 11.6 Å². The van der Waals surface area contributed by atoms with Crippen molar-refractivity contribution < 1.29 is 9.53 Å². The molecule has 128 valence electrons. The van der Waals surface area contributed by atoms with Gasteiger partial charge < -0.3 is 14.5 Å². The van der Waals surface area contributed by atoms with Crippen molar-refractivity contribution in [1.29, 1.82) is 5.26 Å². The number of carbonyl (C=O) groups is 1. The lowest BCUT2D eigenvalue weighted by molar-refractivity contribution is -0.137. The molecular weight excluding hydrogens is 328 g/mol. The summed E-state index contributed by atoms with van der Waals surface area (Å²) >= 11 is 6.10. The van der Waals surface area contributed by atoms with E-state index in [-0.39, 0.29) is 11.9 Å². The normalized spacial score (nSPS) is 21.5. The number of piperidine rings is 1. The third kappa shape index (κ3) is 3.19. The first-order valence-corrected chi connectivity index (χ1v) is 8.69. The Morgan fingerprint density at radius 1 is 1.38 bits per heavy atom. The predicted molar refractivity (Wildman–Crippen MR) is 91.1 cm³/mol. The Labute approximate surface area is 147 Å². The Morgan fingerprint density at radius 2 is 2.12 bits per heavy atom. The number of anilines is 1. The number of aromatic nitrogens is 1. The van der Waals surface area contributed by atoms with Crippen molar-refractivity contribution in [1.82, 2.24) is 9.88 Å². The number of hydrogen-bond acceptors (Lipinski definition) is 5. The minimum atomic E-state index is -0.267. The molecule has 1 amide bonds. The third-order valence-electron chi connectivity index (χ3n) is 4.75. The van der Waals surface area contributed by atoms with Crippen LogP contribution in [0.5, 0.6) is 0 Å². The van der Waals surface area contributed by atoms with E-state index in [0.29, 0.717) is 48.3 Å². The van der Waals surface area contributed by atoms with Gasteiger partial charge in [-0.15, -0.1) is 0 Å². The van der Waals surface area contributed by atoms with Crippen molar-refractivity contribution in [2.24, 2.45) is 0 Å². The maximum atomic E-state index is 13.0. The fourth-order valence-electron chi connectivity index (χ4n) is 3.35. The molecular formula is C17H21ClN4O2. The van der Waals surface area contributed by atoms with Gasteiger partial charge in [-0.05, 0) is 31.7 Å². The van der Waals surface area contributed by atoms with Crippen LogP contribution in [0.3, 0.4) is 0 Å². The first kappa shape index (κ1) is 17.0. The average Bonchev–Trinajstić information content (AvgIpc) is 2.64. The highest BCUT2D eigenvalue weighted by Crippen LogP contribution is 2.31. The molecule has 2 fully saturated rings. The van der Waals surface area contributed by atoms with Crippen LogP contribution in [0.1, 0.15) is 30.4 Å². The highest BCUT2D eigenvalue weighted by Gasteiger charge is 2.34. The molecule has 6 nitrogen and oxygen atoms in total. The minimum absolute atomic E-state index is 0.108. The van der Waals surface area contributed by atoms with Gasteiger partial charge in [0.1, 0.15) is 17.9 Å². The summed E-state index contributed by atoms with van der Waals surface area (Å²) in [6.45, 7) is 4.96. The Hall–Kier alpha value is -1.84. The Bertz CT molecular complexity index is 667. The SMILES string of the molecule is Cc1c(Cl)cnc(N2CCCCC2C(=O)N2CCOCC2)c1C#N. The van der Waals surface area contributed by atoms with Crippen LogP contribution < -0.4 is 4.90 Å². The zero-order valence-corrected chi connectivity index (χ0v) is 14.6. The molecule has 1 atom stereocenters. The van der Waals surface area contributed by atoms with E-state index in [2.05, 4.69) is 11.1 Å². The average molecular weight is 349 g/mol. The smallest absolute Gasteiger partial charge is 0.245 e. The first-order chi connectivity index (χ1) is 11.6. The van der Waals surface area contributed by atoms with E-state index in [0.717, 1.165) is 25.8 Å². The lowest BCUT2D eigenvalue weighted by Crippen LogP contribution is -2.54. The van der Waals surface area contributed by atoms with Gasteiger partial charge in [0.05, 0.1) is 23.8 Å². The van der Waals surface area contributed by atoms with Gasteiger partial charge in [0.2, 0.25) is 5.91 Å². The maximum absolute atomic E-state index is 13.0. The number of amides is 1. The van der Waals surface area contributed by atoms with E-state index < -0.39 is 0 Å². The van der Waals surface area contributed by atoms with E-state index in [9.17, 15) is 10.1 Å². The molecule has 1 unspecified atom stereocenters. The standard InChI is InChI=1S/C17H21ClN4O2/c1-12-13(10-19)16(20-11-14(12)18)22-5-3-2-4-15(22)17(23)21-6-8-24-9-7-21/h11,15H,2-9H2,1H3. The molecule has 0 radical (unpaired) electrons. The molecule has 2 saturated heterocycles. The quantitative estimate of drug-likeness (QED) is 0.819. The number of nitrogens with zero attached hydrogens (tertiary/aromatic N) is 4. The summed E-state index contributed by atoms with van der Waals surface area (Å²) in [6.07, 6.45) is 4.34. The number of pyridine rings is 1. The van der Waals surface area contributed by atoms with Crippen LogP contribution in [0.2, 0.25) is 5.02 Å². The maximum Gasteiger partial charge on any atom is 0.245 e. The molecule has 7 heteroatoms. The molecule has 2 aliphatic rings. The molecule has 3 rings (SSSR count). The van der Waals surface area contributed by atoms with Crippen LogP contribution in [-0.2, 0) is 9.53 Å². The predicted octanol–water partition coefficient (Wildman–Crippen LogP) is 2.13. The molecule has 0 saturated carbocycles. The summed E-state index contributed by atoms with van der Waals surface area (Å²) in [5, 5.41) is 10.0. The fraction of sp³-hybridized carbons (Fsp3) is 0.588. The van der Waals surface area contributed by atoms with Crippen LogP contribution in [0.4, 0.5) is 5.82 Å². The van der Waals surface area contributed by atoms with Gasteiger partial charge in [0, 0.05) is 25.8 Å². The second kappa shape index (κ2) is 7.37. The minimum Gasteiger partial charge on any atom is -0.378 e. The highest BCUT2D eigenvalue weighted by atomic mass is 35.5. The summed E-state index contributed by atoms with van der Waals surface area (Å²) < 4.78 is 5.34. The number of rotatable bonds is 2. The van der Waals surface area contributed by atoms with Crippen LogP contribution in [0, 0.1) is 18.3 Å². The summed E-state index contributed by atoms with van der Waals surface area (Å²) in [5.41, 5.74) is 1.18. The van der Waals surface area contributed by atoms with Crippen LogP contribution in [-0.4, -0.2) is 54.7 Å². The monoisotopic (exact) mass is 348 g/mol. The largest absolute Gasteiger partial charge is 0.378 e. The Balaban J connectivity index is 1.91. The molecule has 1 aromatic heterocycles. The molecule has 3 heterocycles. The van der Waals surface area contributed by atoms with Gasteiger partial charge in [0.25, 0.3) is 0 Å². The summed E-state index contributed by atoms with van der Waals surface area (Å²) in [4.78, 5) is 21.2. The number of morpholine rings is 1. The van der Waals surface area contributed by atoms with Gasteiger partial charge in [0.15, 0.2) is 0 Å². The molecule has 0 aliphatic carbocycles. The summed E-state index contributed by atoms with van der Waals surface area (Å²) in [7, 11) is 0.